The van der Waals surface area contributed by atoms with Crippen molar-refractivity contribution in [2.24, 2.45) is 0 Å². The van der Waals surface area contributed by atoms with E-state index in [0.29, 0.717) is 12.6 Å². The van der Waals surface area contributed by atoms with Crippen LogP contribution in [-0.2, 0) is 4.79 Å². The number of piperidine rings is 1. The van der Waals surface area contributed by atoms with Gasteiger partial charge in [0.25, 0.3) is 0 Å². The molecule has 1 saturated heterocycles. The minimum absolute atomic E-state index is 0.171. The number of carbonyl (C=O) groups is 1. The van der Waals surface area contributed by atoms with Gasteiger partial charge in [0.2, 0.25) is 5.91 Å². The van der Waals surface area contributed by atoms with Crippen LogP contribution in [0.15, 0.2) is 0 Å². The predicted molar refractivity (Wildman–Crippen MR) is 64.2 cm³/mol. The number of hydrogen-bond acceptors (Lipinski definition) is 3. The van der Waals surface area contributed by atoms with Gasteiger partial charge in [-0.25, -0.2) is 0 Å². The van der Waals surface area contributed by atoms with Gasteiger partial charge in [-0.2, -0.15) is 0 Å². The lowest BCUT2D eigenvalue weighted by molar-refractivity contribution is -0.129. The van der Waals surface area contributed by atoms with Crippen molar-refractivity contribution in [1.29, 1.82) is 0 Å². The monoisotopic (exact) mass is 228 g/mol. The quantitative estimate of drug-likeness (QED) is 0.730. The number of aliphatic hydroxyl groups is 1. The molecule has 1 heterocycles. The Hall–Kier alpha value is -0.610. The average Bonchev–Trinajstić information content (AvgIpc) is 2.27. The first-order chi connectivity index (χ1) is 7.63. The van der Waals surface area contributed by atoms with E-state index < -0.39 is 0 Å². The first-order valence-corrected chi connectivity index (χ1v) is 6.30. The molecule has 0 bridgehead atoms. The highest BCUT2D eigenvalue weighted by atomic mass is 16.3. The molecule has 0 spiro atoms. The van der Waals surface area contributed by atoms with Crippen LogP contribution in [-0.4, -0.2) is 47.7 Å². The molecule has 0 aliphatic carbocycles. The molecule has 1 atom stereocenters. The fourth-order valence-electron chi connectivity index (χ4n) is 2.14. The van der Waals surface area contributed by atoms with E-state index in [2.05, 4.69) is 12.2 Å². The van der Waals surface area contributed by atoms with Crippen molar-refractivity contribution in [3.63, 3.8) is 0 Å². The van der Waals surface area contributed by atoms with Gasteiger partial charge >= 0.3 is 0 Å². The van der Waals surface area contributed by atoms with Crippen molar-refractivity contribution in [2.45, 2.75) is 51.7 Å². The highest BCUT2D eigenvalue weighted by Gasteiger charge is 2.20. The largest absolute Gasteiger partial charge is 0.392 e. The summed E-state index contributed by atoms with van der Waals surface area (Å²) < 4.78 is 0. The Balaban J connectivity index is 2.14. The van der Waals surface area contributed by atoms with E-state index in [1.807, 2.05) is 4.90 Å². The summed E-state index contributed by atoms with van der Waals surface area (Å²) in [6.45, 7) is 6.07. The second-order valence-electron chi connectivity index (χ2n) is 4.63. The Morgan fingerprint density at radius 1 is 1.50 bits per heavy atom. The summed E-state index contributed by atoms with van der Waals surface area (Å²) in [6.07, 6.45) is 3.65. The molecular formula is C12H24N2O2. The number of likely N-dealkylation sites (tertiary alicyclic amines) is 1. The molecule has 2 N–H and O–H groups in total. The second kappa shape index (κ2) is 6.86. The molecule has 16 heavy (non-hydrogen) atoms. The first kappa shape index (κ1) is 13.5. The second-order valence-corrected chi connectivity index (χ2v) is 4.63. The molecule has 0 aromatic heterocycles. The topological polar surface area (TPSA) is 52.6 Å². The zero-order valence-electron chi connectivity index (χ0n) is 10.4. The molecule has 1 amide bonds. The van der Waals surface area contributed by atoms with Gasteiger partial charge in [0.15, 0.2) is 0 Å². The van der Waals surface area contributed by atoms with Crippen molar-refractivity contribution in [2.75, 3.05) is 19.6 Å². The van der Waals surface area contributed by atoms with Crippen LogP contribution in [0.1, 0.15) is 39.5 Å². The number of aliphatic hydroxyl groups excluding tert-OH is 1. The van der Waals surface area contributed by atoms with Gasteiger partial charge in [0, 0.05) is 32.6 Å². The van der Waals surface area contributed by atoms with E-state index in [-0.39, 0.29) is 12.0 Å². The number of carbonyl (C=O) groups excluding carboxylic acids is 1. The molecule has 0 aromatic carbocycles. The summed E-state index contributed by atoms with van der Waals surface area (Å²) in [5.41, 5.74) is 0. The van der Waals surface area contributed by atoms with Crippen molar-refractivity contribution < 1.29 is 9.90 Å². The van der Waals surface area contributed by atoms with Gasteiger partial charge < -0.3 is 15.3 Å². The Labute approximate surface area is 98.0 Å². The highest BCUT2D eigenvalue weighted by molar-refractivity contribution is 5.73. The fraction of sp³-hybridized carbons (Fsp3) is 0.917. The summed E-state index contributed by atoms with van der Waals surface area (Å²) in [5, 5.41) is 13.0. The van der Waals surface area contributed by atoms with E-state index >= 15 is 0 Å². The van der Waals surface area contributed by atoms with Gasteiger partial charge in [-0.15, -0.1) is 0 Å². The molecule has 4 nitrogen and oxygen atoms in total. The molecule has 1 aliphatic heterocycles. The normalized spacial score (nSPS) is 19.8. The highest BCUT2D eigenvalue weighted by Crippen LogP contribution is 2.10. The lowest BCUT2D eigenvalue weighted by atomic mass is 10.0. The predicted octanol–water partition coefficient (Wildman–Crippen LogP) is 0.748. The lowest BCUT2D eigenvalue weighted by Gasteiger charge is -2.32. The molecule has 4 heteroatoms. The molecule has 94 valence electrons. The third-order valence-electron chi connectivity index (χ3n) is 3.20. The third-order valence-corrected chi connectivity index (χ3v) is 3.20. The third kappa shape index (κ3) is 4.49. The van der Waals surface area contributed by atoms with Gasteiger partial charge in [-0.05, 0) is 19.3 Å². The number of hydrogen-bond donors (Lipinski definition) is 2. The molecule has 1 aliphatic rings. The lowest BCUT2D eigenvalue weighted by Crippen LogP contribution is -2.45. The van der Waals surface area contributed by atoms with E-state index in [9.17, 15) is 9.90 Å². The van der Waals surface area contributed by atoms with Crippen LogP contribution in [0.4, 0.5) is 0 Å². The zero-order valence-corrected chi connectivity index (χ0v) is 10.4. The molecule has 1 unspecified atom stereocenters. The summed E-state index contributed by atoms with van der Waals surface area (Å²) in [4.78, 5) is 13.0. The maximum Gasteiger partial charge on any atom is 0.219 e. The molecular weight excluding hydrogens is 204 g/mol. The number of rotatable bonds is 5. The number of amides is 1. The molecule has 0 aromatic rings. The van der Waals surface area contributed by atoms with Crippen LogP contribution in [0.5, 0.6) is 0 Å². The molecule has 0 radical (unpaired) electrons. The Kier molecular flexibility index (Phi) is 5.77. The average molecular weight is 228 g/mol. The van der Waals surface area contributed by atoms with Crippen LogP contribution in [0.3, 0.4) is 0 Å². The maximum absolute atomic E-state index is 11.1. The number of nitrogens with zero attached hydrogens (tertiary/aromatic N) is 1. The summed E-state index contributed by atoms with van der Waals surface area (Å²) in [7, 11) is 0. The summed E-state index contributed by atoms with van der Waals surface area (Å²) in [6, 6.07) is 0.460. The van der Waals surface area contributed by atoms with E-state index in [1.54, 1.807) is 6.92 Å². The Morgan fingerprint density at radius 2 is 2.12 bits per heavy atom. The first-order valence-electron chi connectivity index (χ1n) is 6.30. The van der Waals surface area contributed by atoms with Gasteiger partial charge in [-0.3, -0.25) is 4.79 Å². The van der Waals surface area contributed by atoms with Gasteiger partial charge in [0.05, 0.1) is 6.10 Å². The molecule has 0 saturated carbocycles. The molecule has 1 rings (SSSR count). The number of nitrogens with one attached hydrogen (secondary N) is 1. The van der Waals surface area contributed by atoms with Crippen LogP contribution < -0.4 is 5.32 Å². The molecule has 1 fully saturated rings. The summed E-state index contributed by atoms with van der Waals surface area (Å²) in [5.74, 6) is 0.171. The van der Waals surface area contributed by atoms with E-state index in [4.69, 9.17) is 0 Å². The van der Waals surface area contributed by atoms with Gasteiger partial charge in [-0.1, -0.05) is 13.3 Å². The van der Waals surface area contributed by atoms with Crippen LogP contribution in [0.25, 0.3) is 0 Å². The Bertz CT molecular complexity index is 213. The van der Waals surface area contributed by atoms with Crippen molar-refractivity contribution in [3.8, 4) is 0 Å². The van der Waals surface area contributed by atoms with Crippen LogP contribution in [0, 0.1) is 0 Å². The zero-order chi connectivity index (χ0) is 12.0. The Morgan fingerprint density at radius 3 is 2.62 bits per heavy atom. The van der Waals surface area contributed by atoms with E-state index in [0.717, 1.165) is 38.8 Å². The minimum atomic E-state index is -0.226. The van der Waals surface area contributed by atoms with Crippen LogP contribution in [0.2, 0.25) is 0 Å². The smallest absolute Gasteiger partial charge is 0.219 e. The van der Waals surface area contributed by atoms with Crippen molar-refractivity contribution in [3.05, 3.63) is 0 Å². The SMILES string of the molecule is CCCC(O)CNC1CCN(C(C)=O)CC1. The van der Waals surface area contributed by atoms with E-state index in [1.165, 1.54) is 0 Å². The summed E-state index contributed by atoms with van der Waals surface area (Å²) >= 11 is 0. The fourth-order valence-corrected chi connectivity index (χ4v) is 2.14. The minimum Gasteiger partial charge on any atom is -0.392 e. The standard InChI is InChI=1S/C12H24N2O2/c1-3-4-12(16)9-13-11-5-7-14(8-6-11)10(2)15/h11-13,16H,3-9H2,1-2H3. The van der Waals surface area contributed by atoms with Crippen LogP contribution >= 0.6 is 0 Å². The maximum atomic E-state index is 11.1. The van der Waals surface area contributed by atoms with Crippen molar-refractivity contribution >= 4 is 5.91 Å². The van der Waals surface area contributed by atoms with Crippen molar-refractivity contribution in [1.82, 2.24) is 10.2 Å². The van der Waals surface area contributed by atoms with Gasteiger partial charge in [0.1, 0.15) is 0 Å².